The van der Waals surface area contributed by atoms with Gasteiger partial charge in [0.2, 0.25) is 0 Å². The van der Waals surface area contributed by atoms with Crippen molar-refractivity contribution in [3.8, 4) is 11.5 Å². The average Bonchev–Trinajstić information content (AvgIpc) is 2.27. The van der Waals surface area contributed by atoms with Gasteiger partial charge in [0.15, 0.2) is 6.61 Å². The highest BCUT2D eigenvalue weighted by Gasteiger charge is 2.09. The van der Waals surface area contributed by atoms with Crippen LogP contribution in [0.15, 0.2) is 12.1 Å². The molecule has 0 atom stereocenters. The zero-order chi connectivity index (χ0) is 12.1. The molecule has 0 aliphatic carbocycles. The molecule has 1 rings (SSSR count). The summed E-state index contributed by atoms with van der Waals surface area (Å²) in [6.07, 6.45) is 0. The molecule has 0 amide bonds. The molecule has 0 aromatic heterocycles. The van der Waals surface area contributed by atoms with Gasteiger partial charge in [-0.15, -0.1) is 0 Å². The molecule has 0 bridgehead atoms. The number of esters is 1. The highest BCUT2D eigenvalue weighted by atomic mass is 35.5. The topological polar surface area (TPSA) is 44.8 Å². The van der Waals surface area contributed by atoms with Gasteiger partial charge in [0.1, 0.15) is 11.5 Å². The standard InChI is InChI=1S/C11H13ClO4/c1-7-4-8(12)10(14-2)5-9(7)16-6-11(13)15-3/h4-5H,6H2,1-3H3. The van der Waals surface area contributed by atoms with Gasteiger partial charge in [-0.1, -0.05) is 11.6 Å². The quantitative estimate of drug-likeness (QED) is 0.762. The van der Waals surface area contributed by atoms with Gasteiger partial charge in [-0.3, -0.25) is 0 Å². The molecule has 0 N–H and O–H groups in total. The second kappa shape index (κ2) is 5.61. The molecule has 4 nitrogen and oxygen atoms in total. The molecule has 1 aromatic rings. The van der Waals surface area contributed by atoms with E-state index >= 15 is 0 Å². The predicted octanol–water partition coefficient (Wildman–Crippen LogP) is 2.21. The van der Waals surface area contributed by atoms with Crippen LogP contribution in [0, 0.1) is 6.92 Å². The molecule has 16 heavy (non-hydrogen) atoms. The van der Waals surface area contributed by atoms with E-state index in [1.54, 1.807) is 12.1 Å². The van der Waals surface area contributed by atoms with Crippen LogP contribution in [0.2, 0.25) is 5.02 Å². The SMILES string of the molecule is COC(=O)COc1cc(OC)c(Cl)cc1C. The van der Waals surface area contributed by atoms with Crippen molar-refractivity contribution >= 4 is 17.6 Å². The van der Waals surface area contributed by atoms with Gasteiger partial charge < -0.3 is 14.2 Å². The Bertz CT molecular complexity index is 390. The van der Waals surface area contributed by atoms with E-state index in [4.69, 9.17) is 21.1 Å². The molecule has 1 aromatic carbocycles. The van der Waals surface area contributed by atoms with Crippen LogP contribution in [0.1, 0.15) is 5.56 Å². The van der Waals surface area contributed by atoms with Crippen LogP contribution in [0.4, 0.5) is 0 Å². The first-order valence-corrected chi connectivity index (χ1v) is 5.00. The predicted molar refractivity (Wildman–Crippen MR) is 60.3 cm³/mol. The number of halogens is 1. The van der Waals surface area contributed by atoms with Crippen LogP contribution < -0.4 is 9.47 Å². The lowest BCUT2D eigenvalue weighted by Crippen LogP contribution is -2.13. The number of aryl methyl sites for hydroxylation is 1. The summed E-state index contributed by atoms with van der Waals surface area (Å²) < 4.78 is 14.8. The number of benzene rings is 1. The maximum Gasteiger partial charge on any atom is 0.343 e. The summed E-state index contributed by atoms with van der Waals surface area (Å²) in [7, 11) is 2.82. The largest absolute Gasteiger partial charge is 0.495 e. The Morgan fingerprint density at radius 1 is 1.31 bits per heavy atom. The second-order valence-corrected chi connectivity index (χ2v) is 3.52. The van der Waals surface area contributed by atoms with Crippen molar-refractivity contribution in [2.45, 2.75) is 6.92 Å². The number of rotatable bonds is 4. The van der Waals surface area contributed by atoms with Crippen LogP contribution in [0.3, 0.4) is 0 Å². The molecule has 0 spiro atoms. The summed E-state index contributed by atoms with van der Waals surface area (Å²) >= 11 is 5.92. The Morgan fingerprint density at radius 3 is 2.56 bits per heavy atom. The fourth-order valence-electron chi connectivity index (χ4n) is 1.14. The summed E-state index contributed by atoms with van der Waals surface area (Å²) in [6, 6.07) is 3.35. The van der Waals surface area contributed by atoms with Crippen molar-refractivity contribution in [2.75, 3.05) is 20.8 Å². The summed E-state index contributed by atoms with van der Waals surface area (Å²) in [5.41, 5.74) is 0.828. The Balaban J connectivity index is 2.83. The van der Waals surface area contributed by atoms with Gasteiger partial charge in [0.05, 0.1) is 19.2 Å². The molecule has 0 aliphatic heterocycles. The average molecular weight is 245 g/mol. The third-order valence-corrected chi connectivity index (χ3v) is 2.32. The minimum absolute atomic E-state index is 0.137. The fraction of sp³-hybridized carbons (Fsp3) is 0.364. The maximum absolute atomic E-state index is 10.9. The highest BCUT2D eigenvalue weighted by molar-refractivity contribution is 6.32. The lowest BCUT2D eigenvalue weighted by Gasteiger charge is -2.11. The van der Waals surface area contributed by atoms with E-state index in [2.05, 4.69) is 4.74 Å². The van der Waals surface area contributed by atoms with Gasteiger partial charge in [-0.05, 0) is 18.6 Å². The number of carbonyl (C=O) groups is 1. The van der Waals surface area contributed by atoms with Crippen LogP contribution in [-0.4, -0.2) is 26.8 Å². The second-order valence-electron chi connectivity index (χ2n) is 3.12. The molecule has 0 saturated carbocycles. The highest BCUT2D eigenvalue weighted by Crippen LogP contribution is 2.31. The van der Waals surface area contributed by atoms with Crippen LogP contribution in [-0.2, 0) is 9.53 Å². The summed E-state index contributed by atoms with van der Waals surface area (Å²) in [5, 5.41) is 0.505. The van der Waals surface area contributed by atoms with Crippen molar-refractivity contribution in [1.82, 2.24) is 0 Å². The van der Waals surface area contributed by atoms with Crippen LogP contribution in [0.5, 0.6) is 11.5 Å². The molecule has 0 fully saturated rings. The van der Waals surface area contributed by atoms with E-state index in [-0.39, 0.29) is 6.61 Å². The van der Waals surface area contributed by atoms with Crippen molar-refractivity contribution in [3.63, 3.8) is 0 Å². The first kappa shape index (κ1) is 12.6. The summed E-state index contributed by atoms with van der Waals surface area (Å²) in [5.74, 6) is 0.618. The molecule has 0 radical (unpaired) electrons. The lowest BCUT2D eigenvalue weighted by molar-refractivity contribution is -0.142. The minimum Gasteiger partial charge on any atom is -0.495 e. The van der Waals surface area contributed by atoms with E-state index in [1.807, 2.05) is 6.92 Å². The van der Waals surface area contributed by atoms with E-state index < -0.39 is 5.97 Å². The Kier molecular flexibility index (Phi) is 4.43. The van der Waals surface area contributed by atoms with E-state index in [9.17, 15) is 4.79 Å². The van der Waals surface area contributed by atoms with Crippen LogP contribution in [0.25, 0.3) is 0 Å². The number of methoxy groups -OCH3 is 2. The number of carbonyl (C=O) groups excluding carboxylic acids is 1. The van der Waals surface area contributed by atoms with Gasteiger partial charge in [0.25, 0.3) is 0 Å². The van der Waals surface area contributed by atoms with Crippen molar-refractivity contribution in [1.29, 1.82) is 0 Å². The van der Waals surface area contributed by atoms with E-state index in [0.717, 1.165) is 5.56 Å². The first-order chi connectivity index (χ1) is 7.58. The Labute approximate surface area is 99.1 Å². The van der Waals surface area contributed by atoms with E-state index in [0.29, 0.717) is 16.5 Å². The number of hydrogen-bond acceptors (Lipinski definition) is 4. The minimum atomic E-state index is -0.437. The van der Waals surface area contributed by atoms with Crippen molar-refractivity contribution in [3.05, 3.63) is 22.7 Å². The van der Waals surface area contributed by atoms with Gasteiger partial charge in [-0.25, -0.2) is 4.79 Å². The third kappa shape index (κ3) is 3.03. The molecule has 5 heteroatoms. The van der Waals surface area contributed by atoms with Crippen molar-refractivity contribution in [2.24, 2.45) is 0 Å². The molecule has 0 heterocycles. The number of ether oxygens (including phenoxy) is 3. The molecule has 88 valence electrons. The Hall–Kier alpha value is -1.42. The molecule has 0 unspecified atom stereocenters. The third-order valence-electron chi connectivity index (χ3n) is 2.02. The van der Waals surface area contributed by atoms with Gasteiger partial charge in [0, 0.05) is 6.07 Å². The first-order valence-electron chi connectivity index (χ1n) is 4.62. The zero-order valence-corrected chi connectivity index (χ0v) is 10.1. The Morgan fingerprint density at radius 2 is 2.00 bits per heavy atom. The smallest absolute Gasteiger partial charge is 0.343 e. The van der Waals surface area contributed by atoms with Crippen LogP contribution >= 0.6 is 11.6 Å². The monoisotopic (exact) mass is 244 g/mol. The van der Waals surface area contributed by atoms with Gasteiger partial charge >= 0.3 is 5.97 Å². The zero-order valence-electron chi connectivity index (χ0n) is 9.37. The molecule has 0 saturated heterocycles. The summed E-state index contributed by atoms with van der Waals surface area (Å²) in [6.45, 7) is 1.69. The lowest BCUT2D eigenvalue weighted by atomic mass is 10.2. The van der Waals surface area contributed by atoms with E-state index in [1.165, 1.54) is 14.2 Å². The van der Waals surface area contributed by atoms with Crippen molar-refractivity contribution < 1.29 is 19.0 Å². The fourth-order valence-corrected chi connectivity index (χ4v) is 1.44. The molecule has 0 aliphatic rings. The molecular weight excluding hydrogens is 232 g/mol. The van der Waals surface area contributed by atoms with Gasteiger partial charge in [-0.2, -0.15) is 0 Å². The normalized spacial score (nSPS) is 9.75. The maximum atomic E-state index is 10.9. The summed E-state index contributed by atoms with van der Waals surface area (Å²) in [4.78, 5) is 10.9. The number of hydrogen-bond donors (Lipinski definition) is 0. The molecular formula is C11H13ClO4.